The molecule has 2 atom stereocenters. The molecule has 396 valence electrons. The Labute approximate surface area is 418 Å². The molecule has 0 saturated carbocycles. The molecule has 0 saturated heterocycles. The van der Waals surface area contributed by atoms with E-state index in [0.29, 0.717) is 25.9 Å². The molecular weight excluding hydrogens is 827 g/mol. The maximum Gasteiger partial charge on any atom is 0.305 e. The van der Waals surface area contributed by atoms with E-state index in [1.165, 1.54) is 244 Å². The normalized spacial score (nSPS) is 12.7. The van der Waals surface area contributed by atoms with Crippen LogP contribution < -0.4 is 5.32 Å². The van der Waals surface area contributed by atoms with Gasteiger partial charge in [-0.2, -0.15) is 0 Å². The standard InChI is InChI=1S/C61H117NO5/c1-3-5-7-9-11-13-15-17-19-20-23-26-29-33-37-41-45-49-53-59(64)58(57-63)62-60(65)54-50-46-42-38-34-30-27-24-21-22-25-28-32-36-40-44-48-52-56-67-61(66)55-51-47-43-39-35-31-18-16-14-12-10-8-6-4-2/h10,12,16,18,58-59,63-64H,3-9,11,13-15,17,19-57H2,1-2H3,(H,62,65)/b12-10-,18-16-. The van der Waals surface area contributed by atoms with Crippen LogP contribution >= 0.6 is 0 Å². The topological polar surface area (TPSA) is 95.9 Å². The first-order chi connectivity index (χ1) is 33.0. The van der Waals surface area contributed by atoms with Crippen molar-refractivity contribution in [2.75, 3.05) is 13.2 Å². The Morgan fingerprint density at radius 3 is 1.18 bits per heavy atom. The van der Waals surface area contributed by atoms with Gasteiger partial charge < -0.3 is 20.3 Å². The number of hydrogen-bond donors (Lipinski definition) is 3. The van der Waals surface area contributed by atoms with Crippen molar-refractivity contribution in [3.8, 4) is 0 Å². The molecule has 6 heteroatoms. The molecule has 0 fully saturated rings. The van der Waals surface area contributed by atoms with E-state index in [4.69, 9.17) is 4.74 Å². The van der Waals surface area contributed by atoms with Gasteiger partial charge in [-0.25, -0.2) is 0 Å². The van der Waals surface area contributed by atoms with Crippen molar-refractivity contribution < 1.29 is 24.5 Å². The van der Waals surface area contributed by atoms with Crippen molar-refractivity contribution in [1.29, 1.82) is 0 Å². The number of nitrogens with one attached hydrogen (secondary N) is 1. The number of carbonyl (C=O) groups excluding carboxylic acids is 2. The zero-order chi connectivity index (χ0) is 48.6. The van der Waals surface area contributed by atoms with Crippen LogP contribution in [0.4, 0.5) is 0 Å². The first-order valence-corrected chi connectivity index (χ1v) is 30.1. The van der Waals surface area contributed by atoms with Gasteiger partial charge in [0.15, 0.2) is 0 Å². The number of rotatable bonds is 56. The predicted octanol–water partition coefficient (Wildman–Crippen LogP) is 18.6. The highest BCUT2D eigenvalue weighted by atomic mass is 16.5. The number of carbonyl (C=O) groups is 2. The number of amides is 1. The van der Waals surface area contributed by atoms with Crippen LogP contribution in [0.25, 0.3) is 0 Å². The van der Waals surface area contributed by atoms with Gasteiger partial charge in [-0.15, -0.1) is 0 Å². The molecule has 6 nitrogen and oxygen atoms in total. The summed E-state index contributed by atoms with van der Waals surface area (Å²) in [6.07, 6.45) is 68.8. The zero-order valence-electron chi connectivity index (χ0n) is 45.1. The van der Waals surface area contributed by atoms with Crippen LogP contribution in [0.3, 0.4) is 0 Å². The van der Waals surface area contributed by atoms with Crippen LogP contribution in [0.15, 0.2) is 24.3 Å². The fraction of sp³-hybridized carbons (Fsp3) is 0.902. The van der Waals surface area contributed by atoms with Crippen LogP contribution in [-0.2, 0) is 14.3 Å². The Balaban J connectivity index is 3.41. The number of ether oxygens (including phenoxy) is 1. The summed E-state index contributed by atoms with van der Waals surface area (Å²) >= 11 is 0. The molecule has 67 heavy (non-hydrogen) atoms. The molecule has 1 amide bonds. The van der Waals surface area contributed by atoms with Crippen LogP contribution in [0.2, 0.25) is 0 Å². The average Bonchev–Trinajstić information content (AvgIpc) is 3.33. The second-order valence-electron chi connectivity index (χ2n) is 20.7. The molecule has 0 radical (unpaired) electrons. The number of allylic oxidation sites excluding steroid dienone is 4. The SMILES string of the molecule is CCCC/C=C\C/C=C\CCCCCCCC(=O)OCCCCCCCCCCCCCCCCCCCCC(=O)NC(CO)C(O)CCCCCCCCCCCCCCCCCCCC. The highest BCUT2D eigenvalue weighted by molar-refractivity contribution is 5.76. The summed E-state index contributed by atoms with van der Waals surface area (Å²) in [7, 11) is 0. The first-order valence-electron chi connectivity index (χ1n) is 30.1. The van der Waals surface area contributed by atoms with E-state index in [1.807, 2.05) is 0 Å². The van der Waals surface area contributed by atoms with E-state index in [2.05, 4.69) is 43.5 Å². The molecular formula is C61H117NO5. The van der Waals surface area contributed by atoms with Crippen molar-refractivity contribution in [3.63, 3.8) is 0 Å². The number of hydrogen-bond acceptors (Lipinski definition) is 5. The molecule has 2 unspecified atom stereocenters. The third kappa shape index (κ3) is 53.5. The number of aliphatic hydroxyl groups is 2. The summed E-state index contributed by atoms with van der Waals surface area (Å²) in [4.78, 5) is 24.5. The van der Waals surface area contributed by atoms with Gasteiger partial charge in [-0.05, 0) is 51.4 Å². The molecule has 0 spiro atoms. The molecule has 0 bridgehead atoms. The lowest BCUT2D eigenvalue weighted by Gasteiger charge is -2.22. The van der Waals surface area contributed by atoms with E-state index in [-0.39, 0.29) is 18.5 Å². The molecule has 0 aliphatic heterocycles. The summed E-state index contributed by atoms with van der Waals surface area (Å²) < 4.78 is 5.47. The largest absolute Gasteiger partial charge is 0.466 e. The molecule has 0 aromatic carbocycles. The Kier molecular flexibility index (Phi) is 55.5. The lowest BCUT2D eigenvalue weighted by atomic mass is 10.0. The van der Waals surface area contributed by atoms with Crippen LogP contribution in [0.1, 0.15) is 328 Å². The summed E-state index contributed by atoms with van der Waals surface area (Å²) in [5, 5.41) is 23.3. The third-order valence-corrected chi connectivity index (χ3v) is 14.0. The third-order valence-electron chi connectivity index (χ3n) is 14.0. The van der Waals surface area contributed by atoms with Crippen LogP contribution in [0, 0.1) is 0 Å². The van der Waals surface area contributed by atoms with E-state index < -0.39 is 12.1 Å². The fourth-order valence-corrected chi connectivity index (χ4v) is 9.36. The Morgan fingerprint density at radius 1 is 0.418 bits per heavy atom. The number of aliphatic hydroxyl groups excluding tert-OH is 2. The molecule has 0 rings (SSSR count). The van der Waals surface area contributed by atoms with Crippen LogP contribution in [-0.4, -0.2) is 47.4 Å². The summed E-state index contributed by atoms with van der Waals surface area (Å²) in [5.41, 5.74) is 0. The minimum Gasteiger partial charge on any atom is -0.466 e. The molecule has 0 aromatic heterocycles. The van der Waals surface area contributed by atoms with E-state index in [0.717, 1.165) is 51.4 Å². The molecule has 3 N–H and O–H groups in total. The van der Waals surface area contributed by atoms with E-state index in [1.54, 1.807) is 0 Å². The smallest absolute Gasteiger partial charge is 0.305 e. The highest BCUT2D eigenvalue weighted by Crippen LogP contribution is 2.18. The maximum absolute atomic E-state index is 12.5. The van der Waals surface area contributed by atoms with Gasteiger partial charge in [0.1, 0.15) is 0 Å². The minimum atomic E-state index is -0.668. The van der Waals surface area contributed by atoms with Gasteiger partial charge in [0.2, 0.25) is 5.91 Å². The van der Waals surface area contributed by atoms with Gasteiger partial charge in [-0.3, -0.25) is 9.59 Å². The van der Waals surface area contributed by atoms with Gasteiger partial charge in [-0.1, -0.05) is 289 Å². The minimum absolute atomic E-state index is 0.00680. The van der Waals surface area contributed by atoms with Crippen molar-refractivity contribution in [1.82, 2.24) is 5.32 Å². The molecule has 0 aliphatic rings. The predicted molar refractivity (Wildman–Crippen MR) is 292 cm³/mol. The van der Waals surface area contributed by atoms with Crippen molar-refractivity contribution in [2.45, 2.75) is 341 Å². The van der Waals surface area contributed by atoms with Gasteiger partial charge in [0.25, 0.3) is 0 Å². The van der Waals surface area contributed by atoms with Crippen molar-refractivity contribution in [2.24, 2.45) is 0 Å². The zero-order valence-corrected chi connectivity index (χ0v) is 45.1. The summed E-state index contributed by atoms with van der Waals surface area (Å²) in [5.74, 6) is -0.0436. The summed E-state index contributed by atoms with van der Waals surface area (Å²) in [6, 6.07) is -0.545. The van der Waals surface area contributed by atoms with E-state index in [9.17, 15) is 19.8 Å². The average molecular weight is 945 g/mol. The fourth-order valence-electron chi connectivity index (χ4n) is 9.36. The monoisotopic (exact) mass is 944 g/mol. The molecule has 0 aromatic rings. The van der Waals surface area contributed by atoms with Crippen LogP contribution in [0.5, 0.6) is 0 Å². The van der Waals surface area contributed by atoms with E-state index >= 15 is 0 Å². The number of unbranched alkanes of at least 4 members (excludes halogenated alkanes) is 41. The maximum atomic E-state index is 12.5. The molecule has 0 heterocycles. The second kappa shape index (κ2) is 56.9. The number of esters is 1. The lowest BCUT2D eigenvalue weighted by Crippen LogP contribution is -2.45. The first kappa shape index (κ1) is 65.3. The Bertz CT molecular complexity index is 1040. The Morgan fingerprint density at radius 2 is 0.761 bits per heavy atom. The Hall–Kier alpha value is -1.66. The van der Waals surface area contributed by atoms with Crippen molar-refractivity contribution >= 4 is 11.9 Å². The summed E-state index contributed by atoms with van der Waals surface area (Å²) in [6.45, 7) is 4.92. The van der Waals surface area contributed by atoms with Gasteiger partial charge in [0, 0.05) is 12.8 Å². The quantitative estimate of drug-likeness (QED) is 0.0321. The highest BCUT2D eigenvalue weighted by Gasteiger charge is 2.20. The lowest BCUT2D eigenvalue weighted by molar-refractivity contribution is -0.143. The molecule has 0 aliphatic carbocycles. The van der Waals surface area contributed by atoms with Crippen molar-refractivity contribution in [3.05, 3.63) is 24.3 Å². The van der Waals surface area contributed by atoms with Gasteiger partial charge >= 0.3 is 5.97 Å². The van der Waals surface area contributed by atoms with Gasteiger partial charge in [0.05, 0.1) is 25.4 Å². The second-order valence-corrected chi connectivity index (χ2v) is 20.7.